The molecule has 5 heteroatoms. The monoisotopic (exact) mass is 338 g/mol. The number of hydrogen-bond donors (Lipinski definition) is 2. The largest absolute Gasteiger partial charge is 0.508 e. The SMILES string of the molecule is CC1(C)C=Cc2c(ccc(C3COc4cc(O)ccc4C3=O)c2O)O1. The zero-order valence-electron chi connectivity index (χ0n) is 13.9. The number of ether oxygens (including phenoxy) is 2. The van der Waals surface area contributed by atoms with Crippen molar-refractivity contribution in [1.82, 2.24) is 0 Å². The fraction of sp³-hybridized carbons (Fsp3) is 0.250. The number of phenols is 2. The quantitative estimate of drug-likeness (QED) is 0.830. The lowest BCUT2D eigenvalue weighted by molar-refractivity contribution is 0.0893. The summed E-state index contributed by atoms with van der Waals surface area (Å²) in [5.74, 6) is 0.287. The van der Waals surface area contributed by atoms with E-state index in [1.54, 1.807) is 18.2 Å². The molecule has 0 saturated carbocycles. The highest BCUT2D eigenvalue weighted by atomic mass is 16.5. The number of hydrogen-bond acceptors (Lipinski definition) is 5. The number of carbonyl (C=O) groups excluding carboxylic acids is 1. The molecule has 0 radical (unpaired) electrons. The Bertz CT molecular complexity index is 911. The Morgan fingerprint density at radius 3 is 2.72 bits per heavy atom. The summed E-state index contributed by atoms with van der Waals surface area (Å²) in [6.45, 7) is 3.97. The van der Waals surface area contributed by atoms with Gasteiger partial charge in [0.1, 0.15) is 35.2 Å². The van der Waals surface area contributed by atoms with Crippen LogP contribution in [0.3, 0.4) is 0 Å². The second-order valence-corrected chi connectivity index (χ2v) is 6.86. The zero-order valence-corrected chi connectivity index (χ0v) is 13.9. The summed E-state index contributed by atoms with van der Waals surface area (Å²) in [6.07, 6.45) is 3.69. The Hall–Kier alpha value is -2.95. The van der Waals surface area contributed by atoms with Crippen molar-refractivity contribution in [2.75, 3.05) is 6.61 Å². The smallest absolute Gasteiger partial charge is 0.177 e. The van der Waals surface area contributed by atoms with Gasteiger partial charge in [-0.3, -0.25) is 4.79 Å². The first-order chi connectivity index (χ1) is 11.9. The van der Waals surface area contributed by atoms with Gasteiger partial charge in [0.15, 0.2) is 5.78 Å². The molecular formula is C20H18O5. The van der Waals surface area contributed by atoms with Gasteiger partial charge in [-0.2, -0.15) is 0 Å². The van der Waals surface area contributed by atoms with Crippen LogP contribution in [0.5, 0.6) is 23.0 Å². The van der Waals surface area contributed by atoms with Crippen LogP contribution in [0, 0.1) is 0 Å². The van der Waals surface area contributed by atoms with E-state index in [4.69, 9.17) is 9.47 Å². The Kier molecular flexibility index (Phi) is 3.29. The fourth-order valence-electron chi connectivity index (χ4n) is 3.24. The van der Waals surface area contributed by atoms with Gasteiger partial charge in [0.25, 0.3) is 0 Å². The second-order valence-electron chi connectivity index (χ2n) is 6.86. The number of carbonyl (C=O) groups is 1. The summed E-state index contributed by atoms with van der Waals surface area (Å²) in [6, 6.07) is 7.90. The van der Waals surface area contributed by atoms with Gasteiger partial charge in [0.2, 0.25) is 0 Å². The average molecular weight is 338 g/mol. The molecule has 0 bridgehead atoms. The van der Waals surface area contributed by atoms with Gasteiger partial charge in [-0.15, -0.1) is 0 Å². The highest BCUT2D eigenvalue weighted by molar-refractivity contribution is 6.04. The van der Waals surface area contributed by atoms with Crippen LogP contribution in [0.25, 0.3) is 6.08 Å². The van der Waals surface area contributed by atoms with Crippen molar-refractivity contribution in [1.29, 1.82) is 0 Å². The van der Waals surface area contributed by atoms with Crippen LogP contribution < -0.4 is 9.47 Å². The van der Waals surface area contributed by atoms with Crippen LogP contribution in [0.2, 0.25) is 0 Å². The van der Waals surface area contributed by atoms with Crippen molar-refractivity contribution in [2.45, 2.75) is 25.4 Å². The third-order valence-electron chi connectivity index (χ3n) is 4.56. The van der Waals surface area contributed by atoms with Crippen LogP contribution in [-0.2, 0) is 0 Å². The van der Waals surface area contributed by atoms with Gasteiger partial charge in [-0.1, -0.05) is 6.07 Å². The molecule has 0 fully saturated rings. The zero-order chi connectivity index (χ0) is 17.8. The lowest BCUT2D eigenvalue weighted by Crippen LogP contribution is -2.28. The maximum atomic E-state index is 12.8. The van der Waals surface area contributed by atoms with E-state index < -0.39 is 11.5 Å². The standard InChI is InChI=1S/C20H18O5/c1-20(2)8-7-14-16(25-20)6-5-12(18(14)22)15-10-24-17-9-11(21)3-4-13(17)19(15)23/h3-9,15,21-22H,10H2,1-2H3. The van der Waals surface area contributed by atoms with Crippen LogP contribution in [0.4, 0.5) is 0 Å². The molecule has 2 N–H and O–H groups in total. The molecule has 4 rings (SSSR count). The molecule has 0 saturated heterocycles. The van der Waals surface area contributed by atoms with E-state index in [1.807, 2.05) is 26.0 Å². The number of benzene rings is 2. The van der Waals surface area contributed by atoms with Gasteiger partial charge in [0, 0.05) is 11.6 Å². The van der Waals surface area contributed by atoms with Crippen LogP contribution in [-0.4, -0.2) is 28.2 Å². The number of phenolic OH excluding ortho intramolecular Hbond substituents is 2. The van der Waals surface area contributed by atoms with E-state index in [-0.39, 0.29) is 23.9 Å². The Morgan fingerprint density at radius 1 is 1.12 bits per heavy atom. The molecule has 0 aromatic heterocycles. The summed E-state index contributed by atoms with van der Waals surface area (Å²) >= 11 is 0. The molecule has 2 aliphatic heterocycles. The van der Waals surface area contributed by atoms with E-state index in [0.717, 1.165) is 0 Å². The fourth-order valence-corrected chi connectivity index (χ4v) is 3.24. The van der Waals surface area contributed by atoms with E-state index in [0.29, 0.717) is 28.2 Å². The number of aromatic hydroxyl groups is 2. The normalized spacial score (nSPS) is 20.2. The minimum absolute atomic E-state index is 0.0356. The highest BCUT2D eigenvalue weighted by Crippen LogP contribution is 2.43. The minimum Gasteiger partial charge on any atom is -0.508 e. The van der Waals surface area contributed by atoms with Gasteiger partial charge in [-0.05, 0) is 44.2 Å². The maximum Gasteiger partial charge on any atom is 0.177 e. The first kappa shape index (κ1) is 15.6. The highest BCUT2D eigenvalue weighted by Gasteiger charge is 2.34. The van der Waals surface area contributed by atoms with E-state index in [1.165, 1.54) is 12.1 Å². The summed E-state index contributed by atoms with van der Waals surface area (Å²) in [5.41, 5.74) is 1.04. The van der Waals surface area contributed by atoms with E-state index >= 15 is 0 Å². The molecule has 2 heterocycles. The molecule has 128 valence electrons. The first-order valence-electron chi connectivity index (χ1n) is 8.10. The van der Waals surface area contributed by atoms with Crippen LogP contribution in [0.15, 0.2) is 36.4 Å². The lowest BCUT2D eigenvalue weighted by atomic mass is 9.86. The number of Topliss-reactive ketones (excluding diaryl/α,β-unsaturated/α-hetero) is 1. The van der Waals surface area contributed by atoms with Gasteiger partial charge < -0.3 is 19.7 Å². The molecule has 2 aromatic rings. The molecule has 2 aliphatic rings. The molecule has 25 heavy (non-hydrogen) atoms. The third kappa shape index (κ3) is 2.52. The molecular weight excluding hydrogens is 320 g/mol. The second kappa shape index (κ2) is 5.28. The van der Waals surface area contributed by atoms with Crippen molar-refractivity contribution >= 4 is 11.9 Å². The predicted octanol–water partition coefficient (Wildman–Crippen LogP) is 3.64. The van der Waals surface area contributed by atoms with Gasteiger partial charge >= 0.3 is 0 Å². The van der Waals surface area contributed by atoms with E-state index in [2.05, 4.69) is 0 Å². The molecule has 0 amide bonds. The Balaban J connectivity index is 1.74. The predicted molar refractivity (Wildman–Crippen MR) is 92.5 cm³/mol. The molecule has 1 atom stereocenters. The third-order valence-corrected chi connectivity index (χ3v) is 4.56. The van der Waals surface area contributed by atoms with Crippen molar-refractivity contribution < 1.29 is 24.5 Å². The topological polar surface area (TPSA) is 76.0 Å². The van der Waals surface area contributed by atoms with Crippen molar-refractivity contribution in [3.63, 3.8) is 0 Å². The van der Waals surface area contributed by atoms with Crippen molar-refractivity contribution in [2.24, 2.45) is 0 Å². The summed E-state index contributed by atoms with van der Waals surface area (Å²) in [5, 5.41) is 20.2. The maximum absolute atomic E-state index is 12.8. The summed E-state index contributed by atoms with van der Waals surface area (Å²) in [7, 11) is 0. The number of fused-ring (bicyclic) bond motifs is 2. The molecule has 1 unspecified atom stereocenters. The van der Waals surface area contributed by atoms with Crippen molar-refractivity contribution in [3.8, 4) is 23.0 Å². The Morgan fingerprint density at radius 2 is 1.92 bits per heavy atom. The average Bonchev–Trinajstić information content (AvgIpc) is 2.55. The van der Waals surface area contributed by atoms with Crippen molar-refractivity contribution in [3.05, 3.63) is 53.1 Å². The number of rotatable bonds is 1. The summed E-state index contributed by atoms with van der Waals surface area (Å²) in [4.78, 5) is 12.8. The van der Waals surface area contributed by atoms with Gasteiger partial charge in [0.05, 0.1) is 17.0 Å². The molecule has 0 spiro atoms. The van der Waals surface area contributed by atoms with E-state index in [9.17, 15) is 15.0 Å². The first-order valence-corrected chi connectivity index (χ1v) is 8.10. The minimum atomic E-state index is -0.606. The van der Waals surface area contributed by atoms with Gasteiger partial charge in [-0.25, -0.2) is 0 Å². The van der Waals surface area contributed by atoms with Crippen LogP contribution in [0.1, 0.15) is 41.3 Å². The lowest BCUT2D eigenvalue weighted by Gasteiger charge is -2.30. The summed E-state index contributed by atoms with van der Waals surface area (Å²) < 4.78 is 11.5. The molecule has 2 aromatic carbocycles. The van der Waals surface area contributed by atoms with Crippen LogP contribution >= 0.6 is 0 Å². The Labute approximate surface area is 145 Å². The number of ketones is 1. The molecule has 5 nitrogen and oxygen atoms in total. The molecule has 0 aliphatic carbocycles.